The van der Waals surface area contributed by atoms with E-state index in [0.29, 0.717) is 11.3 Å². The van der Waals surface area contributed by atoms with Crippen molar-refractivity contribution in [2.24, 2.45) is 0 Å². The zero-order valence-electron chi connectivity index (χ0n) is 16.4. The Balaban J connectivity index is 1.79. The Morgan fingerprint density at radius 3 is 2.28 bits per heavy atom. The van der Waals surface area contributed by atoms with Crippen LogP contribution in [0.25, 0.3) is 0 Å². The monoisotopic (exact) mass is 408 g/mol. The van der Waals surface area contributed by atoms with Gasteiger partial charge in [0, 0.05) is 11.3 Å². The molecule has 0 aliphatic rings. The lowest BCUT2D eigenvalue weighted by Crippen LogP contribution is -2.28. The van der Waals surface area contributed by atoms with Crippen LogP contribution in [0.4, 0.5) is 5.69 Å². The normalized spacial score (nSPS) is 12.2. The Kier molecular flexibility index (Phi) is 6.34. The van der Waals surface area contributed by atoms with Crippen LogP contribution in [0.5, 0.6) is 0 Å². The average Bonchev–Trinajstić information content (AvgIpc) is 2.74. The third kappa shape index (κ3) is 5.23. The van der Waals surface area contributed by atoms with Crippen molar-refractivity contribution in [3.63, 3.8) is 0 Å². The largest absolute Gasteiger partial charge is 0.345 e. The van der Waals surface area contributed by atoms with Crippen LogP contribution in [0.2, 0.25) is 0 Å². The van der Waals surface area contributed by atoms with Crippen molar-refractivity contribution < 1.29 is 13.2 Å². The molecule has 0 spiro atoms. The lowest BCUT2D eigenvalue weighted by Gasteiger charge is -2.18. The Bertz CT molecular complexity index is 1080. The summed E-state index contributed by atoms with van der Waals surface area (Å²) in [4.78, 5) is 12.8. The van der Waals surface area contributed by atoms with Gasteiger partial charge in [-0.25, -0.2) is 8.42 Å². The van der Waals surface area contributed by atoms with E-state index in [2.05, 4.69) is 10.0 Å². The highest BCUT2D eigenvalue weighted by molar-refractivity contribution is 7.92. The summed E-state index contributed by atoms with van der Waals surface area (Å²) in [5, 5.41) is 2.98. The second-order valence-corrected chi connectivity index (χ2v) is 8.53. The van der Waals surface area contributed by atoms with Crippen molar-refractivity contribution in [2.45, 2.75) is 31.2 Å². The molecule has 0 aliphatic carbocycles. The van der Waals surface area contributed by atoms with Gasteiger partial charge >= 0.3 is 0 Å². The van der Waals surface area contributed by atoms with E-state index in [4.69, 9.17) is 0 Å². The van der Waals surface area contributed by atoms with Crippen molar-refractivity contribution in [1.29, 1.82) is 0 Å². The predicted octanol–water partition coefficient (Wildman–Crippen LogP) is 4.68. The van der Waals surface area contributed by atoms with Crippen LogP contribution < -0.4 is 10.0 Å². The molecule has 1 atom stereocenters. The van der Waals surface area contributed by atoms with Crippen molar-refractivity contribution in [1.82, 2.24) is 5.32 Å². The number of nitrogens with one attached hydrogen (secondary N) is 2. The highest BCUT2D eigenvalue weighted by Crippen LogP contribution is 2.20. The molecule has 0 fully saturated rings. The van der Waals surface area contributed by atoms with E-state index in [0.717, 1.165) is 17.5 Å². The van der Waals surface area contributed by atoms with Gasteiger partial charge in [-0.05, 0) is 49.2 Å². The summed E-state index contributed by atoms with van der Waals surface area (Å²) in [5.41, 5.74) is 2.82. The van der Waals surface area contributed by atoms with Crippen LogP contribution in [-0.2, 0) is 10.0 Å². The molecule has 150 valence electrons. The Labute approximate surface area is 171 Å². The second-order valence-electron chi connectivity index (χ2n) is 6.84. The van der Waals surface area contributed by atoms with Gasteiger partial charge in [0.2, 0.25) is 0 Å². The van der Waals surface area contributed by atoms with Gasteiger partial charge in [0.15, 0.2) is 0 Å². The lowest BCUT2D eigenvalue weighted by atomic mass is 10.0. The van der Waals surface area contributed by atoms with E-state index in [1.54, 1.807) is 24.3 Å². The fourth-order valence-electron chi connectivity index (χ4n) is 2.99. The number of carbonyl (C=O) groups excluding carboxylic acids is 1. The summed E-state index contributed by atoms with van der Waals surface area (Å²) in [5.74, 6) is -0.312. The standard InChI is InChI=1S/C23H24N2O3S/c1-3-22(18-8-5-4-6-9-18)24-23(26)19-10-7-11-21(16-19)29(27,28)25-20-14-12-17(2)13-15-20/h4-16,22,25H,3H2,1-2H3,(H,24,26)/t22-/m1/s1. The summed E-state index contributed by atoms with van der Waals surface area (Å²) in [6.07, 6.45) is 0.725. The molecule has 0 bridgehead atoms. The zero-order chi connectivity index (χ0) is 20.9. The molecule has 0 radical (unpaired) electrons. The molecule has 3 rings (SSSR count). The summed E-state index contributed by atoms with van der Waals surface area (Å²) in [7, 11) is -3.80. The third-order valence-electron chi connectivity index (χ3n) is 4.63. The van der Waals surface area contributed by atoms with Crippen LogP contribution in [-0.4, -0.2) is 14.3 Å². The first-order valence-electron chi connectivity index (χ1n) is 9.44. The number of amides is 1. The van der Waals surface area contributed by atoms with Gasteiger partial charge in [0.05, 0.1) is 10.9 Å². The Hall–Kier alpha value is -3.12. The number of anilines is 1. The molecule has 0 aromatic heterocycles. The molecule has 2 N–H and O–H groups in total. The zero-order valence-corrected chi connectivity index (χ0v) is 17.2. The van der Waals surface area contributed by atoms with Crippen molar-refractivity contribution in [2.75, 3.05) is 4.72 Å². The van der Waals surface area contributed by atoms with E-state index >= 15 is 0 Å². The first-order valence-corrected chi connectivity index (χ1v) is 10.9. The quantitative estimate of drug-likeness (QED) is 0.596. The minimum absolute atomic E-state index is 0.0403. The summed E-state index contributed by atoms with van der Waals surface area (Å²) in [6, 6.07) is 22.7. The number of hydrogen-bond acceptors (Lipinski definition) is 3. The van der Waals surface area contributed by atoms with Gasteiger partial charge in [-0.15, -0.1) is 0 Å². The number of hydrogen-bond donors (Lipinski definition) is 2. The number of carbonyl (C=O) groups is 1. The van der Waals surface area contributed by atoms with Gasteiger partial charge in [0.25, 0.3) is 15.9 Å². The number of sulfonamides is 1. The molecule has 0 unspecified atom stereocenters. The molecular weight excluding hydrogens is 384 g/mol. The van der Waals surface area contributed by atoms with Gasteiger partial charge in [0.1, 0.15) is 0 Å². The molecule has 0 saturated heterocycles. The fraction of sp³-hybridized carbons (Fsp3) is 0.174. The third-order valence-corrected chi connectivity index (χ3v) is 6.00. The average molecular weight is 409 g/mol. The summed E-state index contributed by atoms with van der Waals surface area (Å²) < 4.78 is 28.0. The molecule has 0 saturated carbocycles. The number of benzene rings is 3. The maximum Gasteiger partial charge on any atom is 0.261 e. The number of aryl methyl sites for hydroxylation is 1. The molecule has 3 aromatic rings. The molecule has 3 aromatic carbocycles. The SMILES string of the molecule is CC[C@@H](NC(=O)c1cccc(S(=O)(=O)Nc2ccc(C)cc2)c1)c1ccccc1. The van der Waals surface area contributed by atoms with E-state index < -0.39 is 10.0 Å². The fourth-order valence-corrected chi connectivity index (χ4v) is 4.09. The van der Waals surface area contributed by atoms with E-state index in [1.165, 1.54) is 12.1 Å². The number of rotatable bonds is 7. The minimum atomic E-state index is -3.80. The highest BCUT2D eigenvalue weighted by atomic mass is 32.2. The molecule has 5 nitrogen and oxygen atoms in total. The smallest absolute Gasteiger partial charge is 0.261 e. The van der Waals surface area contributed by atoms with Crippen LogP contribution >= 0.6 is 0 Å². The Morgan fingerprint density at radius 2 is 1.62 bits per heavy atom. The molecule has 0 heterocycles. The molecule has 0 aliphatic heterocycles. The first kappa shape index (κ1) is 20.6. The summed E-state index contributed by atoms with van der Waals surface area (Å²) >= 11 is 0. The van der Waals surface area contributed by atoms with Crippen LogP contribution in [0.3, 0.4) is 0 Å². The highest BCUT2D eigenvalue weighted by Gasteiger charge is 2.18. The first-order chi connectivity index (χ1) is 13.9. The van der Waals surface area contributed by atoms with Gasteiger partial charge in [-0.3, -0.25) is 9.52 Å². The van der Waals surface area contributed by atoms with Crippen LogP contribution in [0.15, 0.2) is 83.8 Å². The van der Waals surface area contributed by atoms with Gasteiger partial charge in [-0.2, -0.15) is 0 Å². The van der Waals surface area contributed by atoms with E-state index in [1.807, 2.05) is 56.3 Å². The topological polar surface area (TPSA) is 75.3 Å². The Morgan fingerprint density at radius 1 is 0.931 bits per heavy atom. The van der Waals surface area contributed by atoms with Crippen molar-refractivity contribution in [3.05, 3.63) is 95.6 Å². The predicted molar refractivity (Wildman–Crippen MR) is 115 cm³/mol. The molecule has 29 heavy (non-hydrogen) atoms. The van der Waals surface area contributed by atoms with E-state index in [9.17, 15) is 13.2 Å². The van der Waals surface area contributed by atoms with Gasteiger partial charge in [-0.1, -0.05) is 61.0 Å². The van der Waals surface area contributed by atoms with Crippen molar-refractivity contribution in [3.8, 4) is 0 Å². The van der Waals surface area contributed by atoms with Crippen LogP contribution in [0.1, 0.15) is 40.9 Å². The second kappa shape index (κ2) is 8.92. The molecule has 6 heteroatoms. The van der Waals surface area contributed by atoms with Crippen LogP contribution in [0, 0.1) is 6.92 Å². The molecule has 1 amide bonds. The van der Waals surface area contributed by atoms with E-state index in [-0.39, 0.29) is 16.8 Å². The summed E-state index contributed by atoms with van der Waals surface area (Å²) in [6.45, 7) is 3.92. The molecular formula is C23H24N2O3S. The maximum atomic E-state index is 12.7. The minimum Gasteiger partial charge on any atom is -0.345 e. The van der Waals surface area contributed by atoms with Gasteiger partial charge < -0.3 is 5.32 Å². The lowest BCUT2D eigenvalue weighted by molar-refractivity contribution is 0.0935. The van der Waals surface area contributed by atoms with Crippen molar-refractivity contribution >= 4 is 21.6 Å². The maximum absolute atomic E-state index is 12.7.